The van der Waals surface area contributed by atoms with Crippen molar-refractivity contribution in [3.63, 3.8) is 0 Å². The van der Waals surface area contributed by atoms with Crippen molar-refractivity contribution in [2.45, 2.75) is 70.0 Å². The van der Waals surface area contributed by atoms with Gasteiger partial charge in [-0.1, -0.05) is 12.5 Å². The SMILES string of the molecule is COC1CCCc2ccc(OCC(=O)OC3(C)CCCCC3)cc21. The molecular weight excluding hydrogens is 304 g/mol. The summed E-state index contributed by atoms with van der Waals surface area (Å²) in [5.41, 5.74) is 2.20. The van der Waals surface area contributed by atoms with Crippen molar-refractivity contribution in [2.75, 3.05) is 13.7 Å². The first-order chi connectivity index (χ1) is 11.6. The molecule has 2 aliphatic carbocycles. The molecule has 0 bridgehead atoms. The van der Waals surface area contributed by atoms with Crippen molar-refractivity contribution in [3.05, 3.63) is 29.3 Å². The molecule has 4 heteroatoms. The van der Waals surface area contributed by atoms with Gasteiger partial charge in [-0.3, -0.25) is 0 Å². The zero-order chi connectivity index (χ0) is 17.0. The first-order valence-electron chi connectivity index (χ1n) is 9.10. The molecule has 0 heterocycles. The van der Waals surface area contributed by atoms with E-state index in [1.54, 1.807) is 7.11 Å². The minimum atomic E-state index is -0.310. The van der Waals surface area contributed by atoms with E-state index in [0.717, 1.165) is 44.9 Å². The lowest BCUT2D eigenvalue weighted by Gasteiger charge is -2.33. The Kier molecular flexibility index (Phi) is 5.44. The van der Waals surface area contributed by atoms with Crippen molar-refractivity contribution in [3.8, 4) is 5.75 Å². The van der Waals surface area contributed by atoms with Crippen molar-refractivity contribution >= 4 is 5.97 Å². The first-order valence-corrected chi connectivity index (χ1v) is 9.10. The first kappa shape index (κ1) is 17.3. The van der Waals surface area contributed by atoms with E-state index >= 15 is 0 Å². The Morgan fingerprint density at radius 2 is 2.00 bits per heavy atom. The number of methoxy groups -OCH3 is 1. The molecule has 3 rings (SSSR count). The van der Waals surface area contributed by atoms with Crippen LogP contribution in [-0.4, -0.2) is 25.3 Å². The number of fused-ring (bicyclic) bond motifs is 1. The Balaban J connectivity index is 1.57. The number of benzene rings is 1. The second-order valence-corrected chi connectivity index (χ2v) is 7.25. The van der Waals surface area contributed by atoms with Gasteiger partial charge in [-0.15, -0.1) is 0 Å². The van der Waals surface area contributed by atoms with E-state index in [0.29, 0.717) is 5.75 Å². The van der Waals surface area contributed by atoms with Gasteiger partial charge in [-0.05, 0) is 75.1 Å². The molecule has 0 aliphatic heterocycles. The van der Waals surface area contributed by atoms with Gasteiger partial charge in [0.05, 0.1) is 6.10 Å². The molecule has 24 heavy (non-hydrogen) atoms. The highest BCUT2D eigenvalue weighted by Crippen LogP contribution is 2.34. The minimum Gasteiger partial charge on any atom is -0.482 e. The number of aryl methyl sites for hydroxylation is 1. The standard InChI is InChI=1S/C20H28O4/c1-20(11-4-3-5-12-20)24-19(21)14-23-16-10-9-15-7-6-8-18(22-2)17(15)13-16/h9-10,13,18H,3-8,11-12,14H2,1-2H3. The van der Waals surface area contributed by atoms with Crippen LogP contribution in [0.4, 0.5) is 0 Å². The summed E-state index contributed by atoms with van der Waals surface area (Å²) in [5.74, 6) is 0.434. The molecule has 1 fully saturated rings. The van der Waals surface area contributed by atoms with E-state index in [4.69, 9.17) is 14.2 Å². The molecule has 1 saturated carbocycles. The highest BCUT2D eigenvalue weighted by Gasteiger charge is 2.30. The average molecular weight is 332 g/mol. The van der Waals surface area contributed by atoms with Crippen LogP contribution in [0.1, 0.15) is 69.1 Å². The summed E-state index contributed by atoms with van der Waals surface area (Å²) < 4.78 is 16.9. The van der Waals surface area contributed by atoms with Gasteiger partial charge in [0.15, 0.2) is 6.61 Å². The topological polar surface area (TPSA) is 44.8 Å². The summed E-state index contributed by atoms with van der Waals surface area (Å²) in [7, 11) is 1.75. The monoisotopic (exact) mass is 332 g/mol. The van der Waals surface area contributed by atoms with Crippen LogP contribution in [-0.2, 0) is 20.7 Å². The fourth-order valence-electron chi connectivity index (χ4n) is 3.92. The summed E-state index contributed by atoms with van der Waals surface area (Å²) >= 11 is 0. The highest BCUT2D eigenvalue weighted by atomic mass is 16.6. The maximum atomic E-state index is 12.1. The fourth-order valence-corrected chi connectivity index (χ4v) is 3.92. The van der Waals surface area contributed by atoms with E-state index in [1.165, 1.54) is 17.5 Å². The van der Waals surface area contributed by atoms with E-state index in [1.807, 2.05) is 19.1 Å². The third-order valence-corrected chi connectivity index (χ3v) is 5.29. The molecule has 0 spiro atoms. The number of carbonyl (C=O) groups excluding carboxylic acids is 1. The molecule has 1 atom stereocenters. The van der Waals surface area contributed by atoms with Gasteiger partial charge in [0, 0.05) is 7.11 Å². The molecule has 0 N–H and O–H groups in total. The highest BCUT2D eigenvalue weighted by molar-refractivity contribution is 5.71. The van der Waals surface area contributed by atoms with Crippen LogP contribution in [0.5, 0.6) is 5.75 Å². The van der Waals surface area contributed by atoms with Crippen LogP contribution in [0.2, 0.25) is 0 Å². The van der Waals surface area contributed by atoms with Gasteiger partial charge in [-0.2, -0.15) is 0 Å². The number of hydrogen-bond donors (Lipinski definition) is 0. The number of hydrogen-bond acceptors (Lipinski definition) is 4. The van der Waals surface area contributed by atoms with E-state index in [9.17, 15) is 4.79 Å². The lowest BCUT2D eigenvalue weighted by molar-refractivity contribution is -0.163. The van der Waals surface area contributed by atoms with Crippen LogP contribution in [0.3, 0.4) is 0 Å². The Morgan fingerprint density at radius 3 is 2.75 bits per heavy atom. The number of rotatable bonds is 5. The molecule has 2 aliphatic rings. The minimum absolute atomic E-state index is 0.0357. The van der Waals surface area contributed by atoms with Gasteiger partial charge >= 0.3 is 5.97 Å². The molecule has 1 aromatic carbocycles. The molecule has 132 valence electrons. The van der Waals surface area contributed by atoms with E-state index < -0.39 is 0 Å². The van der Waals surface area contributed by atoms with Crippen LogP contribution in [0.25, 0.3) is 0 Å². The van der Waals surface area contributed by atoms with Crippen molar-refractivity contribution in [1.29, 1.82) is 0 Å². The molecule has 4 nitrogen and oxygen atoms in total. The molecule has 0 radical (unpaired) electrons. The second-order valence-electron chi connectivity index (χ2n) is 7.25. The average Bonchev–Trinajstić information content (AvgIpc) is 2.59. The third-order valence-electron chi connectivity index (χ3n) is 5.29. The Bertz CT molecular complexity index is 575. The van der Waals surface area contributed by atoms with Gasteiger partial charge in [-0.25, -0.2) is 4.79 Å². The van der Waals surface area contributed by atoms with Gasteiger partial charge in [0.2, 0.25) is 0 Å². The zero-order valence-electron chi connectivity index (χ0n) is 14.8. The molecule has 0 aromatic heterocycles. The van der Waals surface area contributed by atoms with Gasteiger partial charge in [0.1, 0.15) is 11.4 Å². The largest absolute Gasteiger partial charge is 0.482 e. The quantitative estimate of drug-likeness (QED) is 0.752. The Hall–Kier alpha value is -1.55. The van der Waals surface area contributed by atoms with Crippen LogP contribution in [0.15, 0.2) is 18.2 Å². The predicted molar refractivity (Wildman–Crippen MR) is 92.2 cm³/mol. The maximum absolute atomic E-state index is 12.1. The van der Waals surface area contributed by atoms with Crippen molar-refractivity contribution in [2.24, 2.45) is 0 Å². The Labute approximate surface area is 144 Å². The number of ether oxygens (including phenoxy) is 3. The molecule has 1 aromatic rings. The summed E-state index contributed by atoms with van der Waals surface area (Å²) in [5, 5.41) is 0. The lowest BCUT2D eigenvalue weighted by Crippen LogP contribution is -2.35. The lowest BCUT2D eigenvalue weighted by atomic mass is 9.86. The van der Waals surface area contributed by atoms with Crippen LogP contribution >= 0.6 is 0 Å². The smallest absolute Gasteiger partial charge is 0.344 e. The van der Waals surface area contributed by atoms with Gasteiger partial charge < -0.3 is 14.2 Å². The predicted octanol–water partition coefficient (Wildman–Crippen LogP) is 4.36. The summed E-state index contributed by atoms with van der Waals surface area (Å²) in [6, 6.07) is 6.04. The fraction of sp³-hybridized carbons (Fsp3) is 0.650. The van der Waals surface area contributed by atoms with E-state index in [2.05, 4.69) is 6.07 Å². The Morgan fingerprint density at radius 1 is 1.21 bits per heavy atom. The molecule has 1 unspecified atom stereocenters. The summed E-state index contributed by atoms with van der Waals surface area (Å²) in [4.78, 5) is 12.1. The van der Waals surface area contributed by atoms with Gasteiger partial charge in [0.25, 0.3) is 0 Å². The normalized spacial score (nSPS) is 22.5. The third kappa shape index (κ3) is 4.10. The summed E-state index contributed by atoms with van der Waals surface area (Å²) in [6.07, 6.45) is 8.80. The molecular formula is C20H28O4. The molecule has 0 amide bonds. The number of esters is 1. The molecule has 0 saturated heterocycles. The van der Waals surface area contributed by atoms with Crippen LogP contribution < -0.4 is 4.74 Å². The maximum Gasteiger partial charge on any atom is 0.344 e. The van der Waals surface area contributed by atoms with Crippen molar-refractivity contribution in [1.82, 2.24) is 0 Å². The van der Waals surface area contributed by atoms with Crippen LogP contribution in [0, 0.1) is 0 Å². The van der Waals surface area contributed by atoms with Crippen molar-refractivity contribution < 1.29 is 19.0 Å². The summed E-state index contributed by atoms with van der Waals surface area (Å²) in [6.45, 7) is 2.00. The number of carbonyl (C=O) groups is 1. The second kappa shape index (κ2) is 7.56. The zero-order valence-corrected chi connectivity index (χ0v) is 14.8. The van der Waals surface area contributed by atoms with E-state index in [-0.39, 0.29) is 24.3 Å².